The number of carboxylic acid groups (broad SMARTS) is 1. The molecule has 0 spiro atoms. The molecule has 0 bridgehead atoms. The van der Waals surface area contributed by atoms with E-state index in [0.717, 1.165) is 12.0 Å². The number of benzene rings is 1. The Kier molecular flexibility index (Phi) is 6.87. The number of thioether (sulfide) groups is 1. The smallest absolute Gasteiger partial charge is 0.335 e. The zero-order chi connectivity index (χ0) is 18.4. The molecular weight excluding hydrogens is 340 g/mol. The van der Waals surface area contributed by atoms with Gasteiger partial charge in [-0.3, -0.25) is 9.59 Å². The van der Waals surface area contributed by atoms with Gasteiger partial charge in [-0.15, -0.1) is 11.8 Å². The minimum atomic E-state index is -0.994. The third-order valence-electron chi connectivity index (χ3n) is 4.08. The van der Waals surface area contributed by atoms with E-state index in [-0.39, 0.29) is 23.8 Å². The molecule has 1 aliphatic rings. The molecule has 1 unspecified atom stereocenters. The molecule has 0 aliphatic carbocycles. The largest absolute Gasteiger partial charge is 0.478 e. The van der Waals surface area contributed by atoms with E-state index < -0.39 is 12.0 Å². The van der Waals surface area contributed by atoms with Gasteiger partial charge in [-0.05, 0) is 30.0 Å². The molecule has 0 aromatic heterocycles. The maximum atomic E-state index is 12.5. The minimum Gasteiger partial charge on any atom is -0.478 e. The summed E-state index contributed by atoms with van der Waals surface area (Å²) in [5.74, 6) is 0.430. The van der Waals surface area contributed by atoms with Crippen LogP contribution in [0.25, 0.3) is 0 Å². The van der Waals surface area contributed by atoms with Gasteiger partial charge in [0.05, 0.1) is 17.9 Å². The van der Waals surface area contributed by atoms with Gasteiger partial charge in [-0.25, -0.2) is 4.79 Å². The van der Waals surface area contributed by atoms with Crippen molar-refractivity contribution in [2.45, 2.75) is 32.7 Å². The van der Waals surface area contributed by atoms with Crippen LogP contribution in [0.4, 0.5) is 0 Å². The molecule has 1 fully saturated rings. The SMILES string of the molecule is CC(C)CCNC(=O)C1CSCN1C(=O)Cc1ccc(C(=O)O)cc1. The molecule has 1 aromatic carbocycles. The number of hydrogen-bond acceptors (Lipinski definition) is 4. The van der Waals surface area contributed by atoms with Gasteiger partial charge < -0.3 is 15.3 Å². The van der Waals surface area contributed by atoms with E-state index in [4.69, 9.17) is 5.11 Å². The molecule has 1 atom stereocenters. The average Bonchev–Trinajstić information content (AvgIpc) is 3.04. The summed E-state index contributed by atoms with van der Waals surface area (Å²) in [5.41, 5.74) is 0.932. The topological polar surface area (TPSA) is 86.7 Å². The summed E-state index contributed by atoms with van der Waals surface area (Å²) in [6.45, 7) is 4.82. The van der Waals surface area contributed by atoms with Crippen LogP contribution in [0.15, 0.2) is 24.3 Å². The van der Waals surface area contributed by atoms with Crippen molar-refractivity contribution in [3.05, 3.63) is 35.4 Å². The first kappa shape index (κ1) is 19.3. The molecule has 0 radical (unpaired) electrons. The van der Waals surface area contributed by atoms with Crippen LogP contribution in [0.3, 0.4) is 0 Å². The van der Waals surface area contributed by atoms with Gasteiger partial charge in [-0.2, -0.15) is 0 Å². The molecule has 2 N–H and O–H groups in total. The first-order valence-corrected chi connectivity index (χ1v) is 9.51. The van der Waals surface area contributed by atoms with E-state index in [0.29, 0.717) is 24.1 Å². The van der Waals surface area contributed by atoms with E-state index in [1.165, 1.54) is 12.1 Å². The standard InChI is InChI=1S/C18H24N2O4S/c1-12(2)7-8-19-17(22)15-10-25-11-20(15)16(21)9-13-3-5-14(6-4-13)18(23)24/h3-6,12,15H,7-11H2,1-2H3,(H,19,22)(H,23,24). The third kappa shape index (κ3) is 5.49. The van der Waals surface area contributed by atoms with Crippen LogP contribution in [-0.2, 0) is 16.0 Å². The van der Waals surface area contributed by atoms with E-state index in [1.807, 2.05) is 0 Å². The lowest BCUT2D eigenvalue weighted by molar-refractivity contribution is -0.137. The average molecular weight is 364 g/mol. The van der Waals surface area contributed by atoms with Gasteiger partial charge in [0.25, 0.3) is 0 Å². The van der Waals surface area contributed by atoms with Crippen LogP contribution >= 0.6 is 11.8 Å². The summed E-state index contributed by atoms with van der Waals surface area (Å²) in [4.78, 5) is 37.4. The van der Waals surface area contributed by atoms with Crippen molar-refractivity contribution in [3.63, 3.8) is 0 Å². The molecule has 7 heteroatoms. The van der Waals surface area contributed by atoms with Crippen molar-refractivity contribution in [1.29, 1.82) is 0 Å². The zero-order valence-corrected chi connectivity index (χ0v) is 15.3. The third-order valence-corrected chi connectivity index (χ3v) is 5.09. The van der Waals surface area contributed by atoms with Crippen molar-refractivity contribution in [2.75, 3.05) is 18.2 Å². The minimum absolute atomic E-state index is 0.0970. The van der Waals surface area contributed by atoms with Gasteiger partial charge in [0.15, 0.2) is 0 Å². The fourth-order valence-corrected chi connectivity index (χ4v) is 3.73. The lowest BCUT2D eigenvalue weighted by Crippen LogP contribution is -2.48. The van der Waals surface area contributed by atoms with E-state index in [2.05, 4.69) is 19.2 Å². The van der Waals surface area contributed by atoms with Crippen molar-refractivity contribution >= 4 is 29.5 Å². The Morgan fingerprint density at radius 1 is 1.28 bits per heavy atom. The Morgan fingerprint density at radius 3 is 2.56 bits per heavy atom. The fourth-order valence-electron chi connectivity index (χ4n) is 2.55. The normalized spacial score (nSPS) is 16.9. The molecule has 136 valence electrons. The van der Waals surface area contributed by atoms with Crippen LogP contribution in [0.5, 0.6) is 0 Å². The maximum Gasteiger partial charge on any atom is 0.335 e. The van der Waals surface area contributed by atoms with Crippen LogP contribution in [0.2, 0.25) is 0 Å². The lowest BCUT2D eigenvalue weighted by atomic mass is 10.1. The Labute approximate surface area is 152 Å². The van der Waals surface area contributed by atoms with Gasteiger partial charge in [0.1, 0.15) is 6.04 Å². The summed E-state index contributed by atoms with van der Waals surface area (Å²) in [6, 6.07) is 5.83. The highest BCUT2D eigenvalue weighted by molar-refractivity contribution is 7.99. The first-order valence-electron chi connectivity index (χ1n) is 8.35. The number of carboxylic acids is 1. The molecular formula is C18H24N2O4S. The van der Waals surface area contributed by atoms with Crippen molar-refractivity contribution < 1.29 is 19.5 Å². The van der Waals surface area contributed by atoms with Crippen molar-refractivity contribution in [1.82, 2.24) is 10.2 Å². The molecule has 6 nitrogen and oxygen atoms in total. The summed E-state index contributed by atoms with van der Waals surface area (Å²) in [6.07, 6.45) is 1.08. The monoisotopic (exact) mass is 364 g/mol. The Hall–Kier alpha value is -2.02. The number of hydrogen-bond donors (Lipinski definition) is 2. The van der Waals surface area contributed by atoms with Gasteiger partial charge in [-0.1, -0.05) is 26.0 Å². The van der Waals surface area contributed by atoms with E-state index >= 15 is 0 Å². The maximum absolute atomic E-state index is 12.5. The molecule has 1 saturated heterocycles. The van der Waals surface area contributed by atoms with E-state index in [1.54, 1.807) is 28.8 Å². The Bertz CT molecular complexity index is 630. The number of carbonyl (C=O) groups excluding carboxylic acids is 2. The van der Waals surface area contributed by atoms with Crippen LogP contribution in [0, 0.1) is 5.92 Å². The summed E-state index contributed by atoms with van der Waals surface area (Å²) < 4.78 is 0. The lowest BCUT2D eigenvalue weighted by Gasteiger charge is -2.23. The second-order valence-corrected chi connectivity index (χ2v) is 7.53. The number of rotatable bonds is 7. The molecule has 1 aliphatic heterocycles. The molecule has 0 saturated carbocycles. The number of carbonyl (C=O) groups is 3. The van der Waals surface area contributed by atoms with Crippen LogP contribution in [-0.4, -0.2) is 52.0 Å². The Morgan fingerprint density at radius 2 is 1.96 bits per heavy atom. The summed E-state index contributed by atoms with van der Waals surface area (Å²) in [5, 5.41) is 11.8. The van der Waals surface area contributed by atoms with Gasteiger partial charge >= 0.3 is 5.97 Å². The number of aromatic carboxylic acids is 1. The summed E-state index contributed by atoms with van der Waals surface area (Å²) >= 11 is 1.57. The zero-order valence-electron chi connectivity index (χ0n) is 14.5. The molecule has 1 aromatic rings. The second-order valence-electron chi connectivity index (χ2n) is 6.53. The predicted molar refractivity (Wildman–Crippen MR) is 97.5 cm³/mol. The van der Waals surface area contributed by atoms with Crippen LogP contribution < -0.4 is 5.32 Å². The van der Waals surface area contributed by atoms with Gasteiger partial charge in [0.2, 0.25) is 11.8 Å². The number of nitrogens with zero attached hydrogens (tertiary/aromatic N) is 1. The highest BCUT2D eigenvalue weighted by Crippen LogP contribution is 2.22. The number of nitrogens with one attached hydrogen (secondary N) is 1. The summed E-state index contributed by atoms with van der Waals surface area (Å²) in [7, 11) is 0. The number of amides is 2. The molecule has 1 heterocycles. The molecule has 2 amide bonds. The first-order chi connectivity index (χ1) is 11.9. The second kappa shape index (κ2) is 8.89. The van der Waals surface area contributed by atoms with Crippen molar-refractivity contribution in [3.8, 4) is 0 Å². The molecule has 25 heavy (non-hydrogen) atoms. The fraction of sp³-hybridized carbons (Fsp3) is 0.500. The highest BCUT2D eigenvalue weighted by Gasteiger charge is 2.34. The quantitative estimate of drug-likeness (QED) is 0.773. The highest BCUT2D eigenvalue weighted by atomic mass is 32.2. The van der Waals surface area contributed by atoms with E-state index in [9.17, 15) is 14.4 Å². The molecule has 2 rings (SSSR count). The predicted octanol–water partition coefficient (Wildman–Crippen LogP) is 1.99. The van der Waals surface area contributed by atoms with Crippen LogP contribution in [0.1, 0.15) is 36.2 Å². The van der Waals surface area contributed by atoms with Crippen molar-refractivity contribution in [2.24, 2.45) is 5.92 Å². The van der Waals surface area contributed by atoms with Gasteiger partial charge in [0, 0.05) is 12.3 Å². The Balaban J connectivity index is 1.93.